The molecule has 6 heteroatoms. The molecule has 6 nitrogen and oxygen atoms in total. The van der Waals surface area contributed by atoms with Crippen molar-refractivity contribution in [3.8, 4) is 11.5 Å². The molecule has 1 aromatic carbocycles. The minimum Gasteiger partial charge on any atom is -0.421 e. The van der Waals surface area contributed by atoms with Crippen LogP contribution in [0.5, 0.6) is 0 Å². The van der Waals surface area contributed by atoms with Crippen LogP contribution >= 0.6 is 0 Å². The smallest absolute Gasteiger partial charge is 0.247 e. The molecule has 0 radical (unpaired) electrons. The van der Waals surface area contributed by atoms with Gasteiger partial charge in [0.05, 0.1) is 0 Å². The van der Waals surface area contributed by atoms with Crippen LogP contribution in [-0.4, -0.2) is 35.9 Å². The highest BCUT2D eigenvalue weighted by Crippen LogP contribution is 2.18. The van der Waals surface area contributed by atoms with Crippen LogP contribution in [0.3, 0.4) is 0 Å². The van der Waals surface area contributed by atoms with Crippen LogP contribution in [0.4, 0.5) is 0 Å². The van der Waals surface area contributed by atoms with Crippen LogP contribution in [0.15, 0.2) is 28.7 Å². The third kappa shape index (κ3) is 5.83. The fourth-order valence-electron chi connectivity index (χ4n) is 2.02. The number of carbonyl (C=O) groups excluding carboxylic acids is 1. The van der Waals surface area contributed by atoms with E-state index in [4.69, 9.17) is 9.15 Å². The van der Waals surface area contributed by atoms with E-state index in [1.54, 1.807) is 0 Å². The minimum absolute atomic E-state index is 0.0171. The number of amides is 1. The van der Waals surface area contributed by atoms with Crippen molar-refractivity contribution in [1.82, 2.24) is 15.5 Å². The van der Waals surface area contributed by atoms with E-state index >= 15 is 0 Å². The molecule has 1 N–H and O–H groups in total. The molecule has 0 bridgehead atoms. The number of ether oxygens (including phenoxy) is 1. The molecule has 2 rings (SSSR count). The molecule has 0 atom stereocenters. The van der Waals surface area contributed by atoms with Crippen molar-refractivity contribution < 1.29 is 13.9 Å². The molecular weight excluding hydrogens is 294 g/mol. The lowest BCUT2D eigenvalue weighted by atomic mass is 10.1. The van der Waals surface area contributed by atoms with E-state index in [0.29, 0.717) is 44.4 Å². The highest BCUT2D eigenvalue weighted by Gasteiger charge is 2.10. The zero-order valence-corrected chi connectivity index (χ0v) is 13.7. The van der Waals surface area contributed by atoms with Crippen molar-refractivity contribution in [3.63, 3.8) is 0 Å². The number of hydrogen-bond acceptors (Lipinski definition) is 5. The summed E-state index contributed by atoms with van der Waals surface area (Å²) in [6.45, 7) is 5.97. The monoisotopic (exact) mass is 317 g/mol. The predicted molar refractivity (Wildman–Crippen MR) is 86.9 cm³/mol. The SMILES string of the molecule is CCOCCCNC(=O)CCc1nnc(-c2ccc(C)cc2)o1. The maximum atomic E-state index is 11.7. The molecule has 1 heterocycles. The van der Waals surface area contributed by atoms with Crippen molar-refractivity contribution in [2.24, 2.45) is 0 Å². The maximum Gasteiger partial charge on any atom is 0.247 e. The van der Waals surface area contributed by atoms with Gasteiger partial charge in [-0.25, -0.2) is 0 Å². The Hall–Kier alpha value is -2.21. The molecular formula is C17H23N3O3. The predicted octanol–water partition coefficient (Wildman–Crippen LogP) is 2.52. The summed E-state index contributed by atoms with van der Waals surface area (Å²) in [5, 5.41) is 10.9. The van der Waals surface area contributed by atoms with E-state index in [1.165, 1.54) is 5.56 Å². The second-order valence-electron chi connectivity index (χ2n) is 5.27. The zero-order chi connectivity index (χ0) is 16.5. The molecule has 0 saturated heterocycles. The Balaban J connectivity index is 1.74. The van der Waals surface area contributed by atoms with Crippen LogP contribution in [0.1, 0.15) is 31.2 Å². The Bertz CT molecular complexity index is 608. The summed E-state index contributed by atoms with van der Waals surface area (Å²) in [5.74, 6) is 0.943. The molecule has 0 fully saturated rings. The molecule has 1 amide bonds. The Morgan fingerprint density at radius 1 is 1.26 bits per heavy atom. The maximum absolute atomic E-state index is 11.7. The highest BCUT2D eigenvalue weighted by atomic mass is 16.5. The third-order valence-electron chi connectivity index (χ3n) is 3.32. The third-order valence-corrected chi connectivity index (χ3v) is 3.32. The molecule has 0 aliphatic carbocycles. The number of aromatic nitrogens is 2. The van der Waals surface area contributed by atoms with Crippen molar-refractivity contribution in [2.75, 3.05) is 19.8 Å². The highest BCUT2D eigenvalue weighted by molar-refractivity contribution is 5.75. The fraction of sp³-hybridized carbons (Fsp3) is 0.471. The lowest BCUT2D eigenvalue weighted by Crippen LogP contribution is -2.25. The molecule has 23 heavy (non-hydrogen) atoms. The van der Waals surface area contributed by atoms with Gasteiger partial charge in [-0.2, -0.15) is 0 Å². The Morgan fingerprint density at radius 2 is 2.04 bits per heavy atom. The van der Waals surface area contributed by atoms with Gasteiger partial charge in [-0.15, -0.1) is 10.2 Å². The van der Waals surface area contributed by atoms with E-state index in [0.717, 1.165) is 12.0 Å². The van der Waals surface area contributed by atoms with Gasteiger partial charge < -0.3 is 14.5 Å². The summed E-state index contributed by atoms with van der Waals surface area (Å²) in [7, 11) is 0. The number of aryl methyl sites for hydroxylation is 2. The summed E-state index contributed by atoms with van der Waals surface area (Å²) in [6, 6.07) is 7.87. The van der Waals surface area contributed by atoms with Crippen LogP contribution in [0.2, 0.25) is 0 Å². The Morgan fingerprint density at radius 3 is 2.78 bits per heavy atom. The van der Waals surface area contributed by atoms with Gasteiger partial charge in [0, 0.05) is 38.2 Å². The molecule has 0 spiro atoms. The van der Waals surface area contributed by atoms with Gasteiger partial charge in [0.2, 0.25) is 17.7 Å². The Labute approximate surface area is 136 Å². The lowest BCUT2D eigenvalue weighted by molar-refractivity contribution is -0.121. The van der Waals surface area contributed by atoms with Crippen molar-refractivity contribution >= 4 is 5.91 Å². The van der Waals surface area contributed by atoms with Crippen molar-refractivity contribution in [2.45, 2.75) is 33.1 Å². The number of nitrogens with one attached hydrogen (secondary N) is 1. The normalized spacial score (nSPS) is 10.7. The lowest BCUT2D eigenvalue weighted by Gasteiger charge is -2.04. The van der Waals surface area contributed by atoms with Gasteiger partial charge in [0.25, 0.3) is 0 Å². The van der Waals surface area contributed by atoms with Gasteiger partial charge in [-0.3, -0.25) is 4.79 Å². The fourth-order valence-corrected chi connectivity index (χ4v) is 2.02. The molecule has 0 aliphatic heterocycles. The van der Waals surface area contributed by atoms with Crippen LogP contribution < -0.4 is 5.32 Å². The molecule has 2 aromatic rings. The summed E-state index contributed by atoms with van der Waals surface area (Å²) >= 11 is 0. The second-order valence-corrected chi connectivity index (χ2v) is 5.27. The van der Waals surface area contributed by atoms with Gasteiger partial charge in [-0.1, -0.05) is 17.7 Å². The number of rotatable bonds is 9. The van der Waals surface area contributed by atoms with E-state index in [-0.39, 0.29) is 5.91 Å². The first kappa shape index (κ1) is 17.1. The average molecular weight is 317 g/mol. The van der Waals surface area contributed by atoms with E-state index in [2.05, 4.69) is 15.5 Å². The molecule has 124 valence electrons. The summed E-state index contributed by atoms with van der Waals surface area (Å²) in [4.78, 5) is 11.7. The van der Waals surface area contributed by atoms with Crippen LogP contribution in [0, 0.1) is 6.92 Å². The van der Waals surface area contributed by atoms with E-state index < -0.39 is 0 Å². The largest absolute Gasteiger partial charge is 0.421 e. The average Bonchev–Trinajstić information content (AvgIpc) is 3.02. The number of benzene rings is 1. The topological polar surface area (TPSA) is 77.2 Å². The molecule has 0 unspecified atom stereocenters. The van der Waals surface area contributed by atoms with E-state index in [9.17, 15) is 4.79 Å². The number of hydrogen-bond donors (Lipinski definition) is 1. The van der Waals surface area contributed by atoms with E-state index in [1.807, 2.05) is 38.1 Å². The van der Waals surface area contributed by atoms with Crippen molar-refractivity contribution in [1.29, 1.82) is 0 Å². The van der Waals surface area contributed by atoms with Gasteiger partial charge >= 0.3 is 0 Å². The zero-order valence-electron chi connectivity index (χ0n) is 13.7. The summed E-state index contributed by atoms with van der Waals surface area (Å²) in [6.07, 6.45) is 1.60. The first-order valence-corrected chi connectivity index (χ1v) is 7.93. The number of carbonyl (C=O) groups is 1. The second kappa shape index (κ2) is 9.05. The molecule has 0 saturated carbocycles. The first-order chi connectivity index (χ1) is 11.2. The van der Waals surface area contributed by atoms with Gasteiger partial charge in [0.15, 0.2) is 0 Å². The standard InChI is InChI=1S/C17H23N3O3/c1-3-22-12-4-11-18-15(21)9-10-16-19-20-17(23-16)14-7-5-13(2)6-8-14/h5-8H,3-4,9-12H2,1-2H3,(H,18,21). The quantitative estimate of drug-likeness (QED) is 0.719. The summed E-state index contributed by atoms with van der Waals surface area (Å²) < 4.78 is 10.8. The van der Waals surface area contributed by atoms with Crippen molar-refractivity contribution in [3.05, 3.63) is 35.7 Å². The minimum atomic E-state index is -0.0171. The molecule has 0 aliphatic rings. The van der Waals surface area contributed by atoms with Crippen LogP contribution in [-0.2, 0) is 16.0 Å². The molecule has 1 aromatic heterocycles. The number of nitrogens with zero attached hydrogens (tertiary/aromatic N) is 2. The van der Waals surface area contributed by atoms with Gasteiger partial charge in [0.1, 0.15) is 0 Å². The first-order valence-electron chi connectivity index (χ1n) is 7.93. The van der Waals surface area contributed by atoms with Gasteiger partial charge in [-0.05, 0) is 32.4 Å². The Kier molecular flexibility index (Phi) is 6.75. The summed E-state index contributed by atoms with van der Waals surface area (Å²) in [5.41, 5.74) is 2.06. The van der Waals surface area contributed by atoms with Crippen LogP contribution in [0.25, 0.3) is 11.5 Å².